The molecule has 0 saturated carbocycles. The molecule has 3 N–H and O–H groups in total. The number of amides is 1. The molecule has 1 aromatic carbocycles. The molecular weight excluding hydrogens is 268 g/mol. The van der Waals surface area contributed by atoms with Crippen molar-refractivity contribution in [2.45, 2.75) is 32.5 Å². The molecule has 1 aromatic rings. The summed E-state index contributed by atoms with van der Waals surface area (Å²) in [5.74, 6) is 0.0409. The first kappa shape index (κ1) is 17.6. The fourth-order valence-corrected chi connectivity index (χ4v) is 1.77. The molecule has 1 rings (SSSR count). The van der Waals surface area contributed by atoms with E-state index in [9.17, 15) is 9.90 Å². The molecule has 0 saturated heterocycles. The Morgan fingerprint density at radius 1 is 1.29 bits per heavy atom. The number of hydrogen-bond acceptors (Lipinski definition) is 4. The average molecular weight is 294 g/mol. The molecule has 1 unspecified atom stereocenters. The van der Waals surface area contributed by atoms with Gasteiger partial charge in [-0.1, -0.05) is 37.3 Å². The topological polar surface area (TPSA) is 70.6 Å². The Morgan fingerprint density at radius 2 is 2.05 bits per heavy atom. The van der Waals surface area contributed by atoms with Gasteiger partial charge in [0, 0.05) is 26.1 Å². The van der Waals surface area contributed by atoms with E-state index in [1.165, 1.54) is 0 Å². The van der Waals surface area contributed by atoms with Gasteiger partial charge in [0.05, 0.1) is 19.3 Å². The van der Waals surface area contributed by atoms with Gasteiger partial charge in [-0.15, -0.1) is 0 Å². The third-order valence-corrected chi connectivity index (χ3v) is 2.90. The summed E-state index contributed by atoms with van der Waals surface area (Å²) in [6.45, 7) is 4.50. The van der Waals surface area contributed by atoms with Crippen LogP contribution in [0.25, 0.3) is 0 Å². The van der Waals surface area contributed by atoms with E-state index >= 15 is 0 Å². The Kier molecular flexibility index (Phi) is 9.44. The SMILES string of the molecule is CCCNC(=O)CCNCC(O)COCc1ccccc1. The van der Waals surface area contributed by atoms with Crippen molar-refractivity contribution >= 4 is 5.91 Å². The van der Waals surface area contributed by atoms with Gasteiger partial charge in [-0.25, -0.2) is 0 Å². The van der Waals surface area contributed by atoms with Gasteiger partial charge in [0.2, 0.25) is 5.91 Å². The van der Waals surface area contributed by atoms with Crippen LogP contribution in [0.2, 0.25) is 0 Å². The van der Waals surface area contributed by atoms with Crippen LogP contribution in [0.4, 0.5) is 0 Å². The maximum Gasteiger partial charge on any atom is 0.221 e. The van der Waals surface area contributed by atoms with Crippen LogP contribution in [0.3, 0.4) is 0 Å². The minimum atomic E-state index is -0.563. The Bertz CT molecular complexity index is 384. The van der Waals surface area contributed by atoms with E-state index in [1.807, 2.05) is 37.3 Å². The summed E-state index contributed by atoms with van der Waals surface area (Å²) in [5, 5.41) is 15.6. The first-order chi connectivity index (χ1) is 10.2. The summed E-state index contributed by atoms with van der Waals surface area (Å²) in [6.07, 6.45) is 0.807. The zero-order chi connectivity index (χ0) is 15.3. The van der Waals surface area contributed by atoms with Crippen LogP contribution in [0.15, 0.2) is 30.3 Å². The predicted octanol–water partition coefficient (Wildman–Crippen LogP) is 1.07. The van der Waals surface area contributed by atoms with Crippen molar-refractivity contribution < 1.29 is 14.6 Å². The molecule has 0 radical (unpaired) electrons. The fourth-order valence-electron chi connectivity index (χ4n) is 1.77. The van der Waals surface area contributed by atoms with E-state index < -0.39 is 6.10 Å². The number of carbonyl (C=O) groups is 1. The van der Waals surface area contributed by atoms with Crippen molar-refractivity contribution in [3.05, 3.63) is 35.9 Å². The highest BCUT2D eigenvalue weighted by Crippen LogP contribution is 2.00. The second-order valence-electron chi connectivity index (χ2n) is 4.96. The molecule has 5 nitrogen and oxygen atoms in total. The zero-order valence-corrected chi connectivity index (χ0v) is 12.7. The van der Waals surface area contributed by atoms with Gasteiger partial charge in [-0.3, -0.25) is 4.79 Å². The molecular formula is C16H26N2O3. The van der Waals surface area contributed by atoms with E-state index in [4.69, 9.17) is 4.74 Å². The average Bonchev–Trinajstić information content (AvgIpc) is 2.50. The summed E-state index contributed by atoms with van der Waals surface area (Å²) in [7, 11) is 0. The normalized spacial score (nSPS) is 12.1. The predicted molar refractivity (Wildman–Crippen MR) is 82.9 cm³/mol. The summed E-state index contributed by atoms with van der Waals surface area (Å²) in [6, 6.07) is 9.85. The lowest BCUT2D eigenvalue weighted by Gasteiger charge is -2.12. The molecule has 0 bridgehead atoms. The van der Waals surface area contributed by atoms with Gasteiger partial charge in [-0.05, 0) is 12.0 Å². The van der Waals surface area contributed by atoms with E-state index in [-0.39, 0.29) is 12.5 Å². The highest BCUT2D eigenvalue weighted by Gasteiger charge is 2.05. The second kappa shape index (κ2) is 11.3. The first-order valence-electron chi connectivity index (χ1n) is 7.49. The number of hydrogen-bond donors (Lipinski definition) is 3. The van der Waals surface area contributed by atoms with E-state index in [0.29, 0.717) is 26.1 Å². The van der Waals surface area contributed by atoms with Crippen LogP contribution in [0.5, 0.6) is 0 Å². The Morgan fingerprint density at radius 3 is 2.76 bits per heavy atom. The molecule has 0 aromatic heterocycles. The highest BCUT2D eigenvalue weighted by molar-refractivity contribution is 5.75. The number of benzene rings is 1. The third kappa shape index (κ3) is 9.18. The summed E-state index contributed by atoms with van der Waals surface area (Å²) in [4.78, 5) is 11.3. The Labute approximate surface area is 126 Å². The van der Waals surface area contributed by atoms with Crippen LogP contribution in [0, 0.1) is 0 Å². The van der Waals surface area contributed by atoms with Crippen molar-refractivity contribution in [2.24, 2.45) is 0 Å². The molecule has 118 valence electrons. The van der Waals surface area contributed by atoms with Crippen LogP contribution in [0.1, 0.15) is 25.3 Å². The molecule has 0 aliphatic rings. The van der Waals surface area contributed by atoms with Crippen LogP contribution < -0.4 is 10.6 Å². The molecule has 0 spiro atoms. The summed E-state index contributed by atoms with van der Waals surface area (Å²) in [5.41, 5.74) is 1.09. The summed E-state index contributed by atoms with van der Waals surface area (Å²) < 4.78 is 5.44. The third-order valence-electron chi connectivity index (χ3n) is 2.90. The molecule has 1 atom stereocenters. The molecule has 0 fully saturated rings. The lowest BCUT2D eigenvalue weighted by molar-refractivity contribution is -0.121. The lowest BCUT2D eigenvalue weighted by Crippen LogP contribution is -2.33. The first-order valence-corrected chi connectivity index (χ1v) is 7.49. The zero-order valence-electron chi connectivity index (χ0n) is 12.7. The van der Waals surface area contributed by atoms with Gasteiger partial charge in [0.1, 0.15) is 0 Å². The maximum atomic E-state index is 11.3. The minimum absolute atomic E-state index is 0.0409. The van der Waals surface area contributed by atoms with E-state index in [2.05, 4.69) is 10.6 Å². The van der Waals surface area contributed by atoms with Crippen LogP contribution >= 0.6 is 0 Å². The van der Waals surface area contributed by atoms with Crippen LogP contribution in [-0.2, 0) is 16.1 Å². The molecule has 21 heavy (non-hydrogen) atoms. The van der Waals surface area contributed by atoms with E-state index in [0.717, 1.165) is 18.5 Å². The van der Waals surface area contributed by atoms with Crippen molar-refractivity contribution in [3.63, 3.8) is 0 Å². The smallest absolute Gasteiger partial charge is 0.221 e. The largest absolute Gasteiger partial charge is 0.389 e. The Balaban J connectivity index is 1.99. The highest BCUT2D eigenvalue weighted by atomic mass is 16.5. The van der Waals surface area contributed by atoms with E-state index in [1.54, 1.807) is 0 Å². The fraction of sp³-hybridized carbons (Fsp3) is 0.562. The molecule has 1 amide bonds. The number of nitrogens with one attached hydrogen (secondary N) is 2. The number of aliphatic hydroxyl groups is 1. The number of rotatable bonds is 11. The van der Waals surface area contributed by atoms with Crippen molar-refractivity contribution in [1.82, 2.24) is 10.6 Å². The maximum absolute atomic E-state index is 11.3. The van der Waals surface area contributed by atoms with Gasteiger partial charge < -0.3 is 20.5 Å². The molecule has 0 heterocycles. The Hall–Kier alpha value is -1.43. The van der Waals surface area contributed by atoms with Gasteiger partial charge >= 0.3 is 0 Å². The van der Waals surface area contributed by atoms with Gasteiger partial charge in [0.15, 0.2) is 0 Å². The number of carbonyl (C=O) groups excluding carboxylic acids is 1. The number of aliphatic hydroxyl groups excluding tert-OH is 1. The standard InChI is InChI=1S/C16H26N2O3/c1-2-9-18-16(20)8-10-17-11-15(19)13-21-12-14-6-4-3-5-7-14/h3-7,15,17,19H,2,8-13H2,1H3,(H,18,20). The van der Waals surface area contributed by atoms with Crippen LogP contribution in [-0.4, -0.2) is 43.4 Å². The second-order valence-corrected chi connectivity index (χ2v) is 4.96. The lowest BCUT2D eigenvalue weighted by atomic mass is 10.2. The quantitative estimate of drug-likeness (QED) is 0.534. The summed E-state index contributed by atoms with van der Waals surface area (Å²) >= 11 is 0. The van der Waals surface area contributed by atoms with Gasteiger partial charge in [-0.2, -0.15) is 0 Å². The van der Waals surface area contributed by atoms with Crippen molar-refractivity contribution in [1.29, 1.82) is 0 Å². The molecule has 0 aliphatic carbocycles. The monoisotopic (exact) mass is 294 g/mol. The molecule has 0 aliphatic heterocycles. The molecule has 5 heteroatoms. The van der Waals surface area contributed by atoms with Crippen molar-refractivity contribution in [3.8, 4) is 0 Å². The van der Waals surface area contributed by atoms with Gasteiger partial charge in [0.25, 0.3) is 0 Å². The minimum Gasteiger partial charge on any atom is -0.389 e. The van der Waals surface area contributed by atoms with Crippen molar-refractivity contribution in [2.75, 3.05) is 26.2 Å². The number of ether oxygens (including phenoxy) is 1.